The third-order valence-electron chi connectivity index (χ3n) is 5.43. The SMILES string of the molecule is COCCOC(=O)C1=C(C)N=c2sc(=Cc3ccc(OCC#N)cc3)c(=O)n2C1c1ccc(Cl)cc1. The first-order valence-corrected chi connectivity index (χ1v) is 12.2. The number of allylic oxidation sites excluding steroid dienone is 1. The highest BCUT2D eigenvalue weighted by Crippen LogP contribution is 2.31. The molecule has 0 fully saturated rings. The normalized spacial score (nSPS) is 15.2. The van der Waals surface area contributed by atoms with Crippen molar-refractivity contribution in [2.75, 3.05) is 26.9 Å². The van der Waals surface area contributed by atoms with Gasteiger partial charge in [-0.15, -0.1) is 0 Å². The van der Waals surface area contributed by atoms with Crippen molar-refractivity contribution in [2.24, 2.45) is 4.99 Å². The summed E-state index contributed by atoms with van der Waals surface area (Å²) < 4.78 is 17.6. The lowest BCUT2D eigenvalue weighted by atomic mass is 9.96. The van der Waals surface area contributed by atoms with E-state index in [-0.39, 0.29) is 31.0 Å². The number of carbonyl (C=O) groups excluding carboxylic acids is 1. The molecular weight excluding hydrogens is 502 g/mol. The topological polar surface area (TPSA) is 103 Å². The molecule has 3 aromatic rings. The number of hydrogen-bond donors (Lipinski definition) is 0. The lowest BCUT2D eigenvalue weighted by Crippen LogP contribution is -2.40. The molecule has 36 heavy (non-hydrogen) atoms. The molecule has 1 aliphatic rings. The van der Waals surface area contributed by atoms with Crippen LogP contribution in [-0.2, 0) is 14.3 Å². The Bertz CT molecular complexity index is 1520. The number of methoxy groups -OCH3 is 1. The van der Waals surface area contributed by atoms with E-state index in [9.17, 15) is 9.59 Å². The van der Waals surface area contributed by atoms with Gasteiger partial charge in [-0.25, -0.2) is 9.79 Å². The van der Waals surface area contributed by atoms with Crippen LogP contribution >= 0.6 is 22.9 Å². The molecular formula is C26H22ClN3O5S. The first-order chi connectivity index (χ1) is 17.4. The molecule has 0 spiro atoms. The van der Waals surface area contributed by atoms with Gasteiger partial charge in [0.2, 0.25) is 0 Å². The number of thiazole rings is 1. The van der Waals surface area contributed by atoms with E-state index in [1.165, 1.54) is 23.0 Å². The summed E-state index contributed by atoms with van der Waals surface area (Å²) in [7, 11) is 1.52. The molecule has 1 unspecified atom stereocenters. The monoisotopic (exact) mass is 523 g/mol. The maximum atomic E-state index is 13.6. The van der Waals surface area contributed by atoms with Gasteiger partial charge in [0.15, 0.2) is 11.4 Å². The van der Waals surface area contributed by atoms with Crippen LogP contribution in [0.5, 0.6) is 5.75 Å². The van der Waals surface area contributed by atoms with E-state index < -0.39 is 12.0 Å². The largest absolute Gasteiger partial charge is 0.479 e. The number of halogens is 1. The Morgan fingerprint density at radius 2 is 1.92 bits per heavy atom. The summed E-state index contributed by atoms with van der Waals surface area (Å²) in [5.41, 5.74) is 1.97. The minimum absolute atomic E-state index is 0.0434. The predicted octanol–water partition coefficient (Wildman–Crippen LogP) is 2.98. The molecule has 2 heterocycles. The molecule has 0 amide bonds. The van der Waals surface area contributed by atoms with Crippen molar-refractivity contribution < 1.29 is 19.0 Å². The van der Waals surface area contributed by atoms with Gasteiger partial charge in [-0.1, -0.05) is 47.2 Å². The average molecular weight is 524 g/mol. The van der Waals surface area contributed by atoms with Crippen molar-refractivity contribution in [1.29, 1.82) is 5.26 Å². The number of benzene rings is 2. The lowest BCUT2D eigenvalue weighted by Gasteiger charge is -2.24. The fourth-order valence-electron chi connectivity index (χ4n) is 3.77. The van der Waals surface area contributed by atoms with Gasteiger partial charge < -0.3 is 14.2 Å². The van der Waals surface area contributed by atoms with Crippen LogP contribution in [0.25, 0.3) is 6.08 Å². The molecule has 1 aliphatic heterocycles. The number of hydrogen-bond acceptors (Lipinski definition) is 8. The zero-order valence-corrected chi connectivity index (χ0v) is 21.1. The first kappa shape index (κ1) is 25.4. The Morgan fingerprint density at radius 1 is 1.19 bits per heavy atom. The quantitative estimate of drug-likeness (QED) is 0.332. The van der Waals surface area contributed by atoms with Gasteiger partial charge in [-0.3, -0.25) is 9.36 Å². The van der Waals surface area contributed by atoms with Crippen LogP contribution in [0.3, 0.4) is 0 Å². The van der Waals surface area contributed by atoms with E-state index in [1.807, 2.05) is 6.07 Å². The van der Waals surface area contributed by atoms with Gasteiger partial charge in [0.25, 0.3) is 5.56 Å². The molecule has 4 rings (SSSR count). The Balaban J connectivity index is 1.80. The summed E-state index contributed by atoms with van der Waals surface area (Å²) >= 11 is 7.33. The van der Waals surface area contributed by atoms with Gasteiger partial charge in [0.05, 0.1) is 28.5 Å². The number of fused-ring (bicyclic) bond motifs is 1. The fourth-order valence-corrected chi connectivity index (χ4v) is 4.94. The Morgan fingerprint density at radius 3 is 2.58 bits per heavy atom. The summed E-state index contributed by atoms with van der Waals surface area (Å²) in [6.07, 6.45) is 1.76. The molecule has 0 saturated carbocycles. The van der Waals surface area contributed by atoms with E-state index in [1.54, 1.807) is 61.5 Å². The van der Waals surface area contributed by atoms with Crippen LogP contribution in [0.4, 0.5) is 0 Å². The number of nitrogens with zero attached hydrogens (tertiary/aromatic N) is 3. The molecule has 2 aromatic carbocycles. The van der Waals surface area contributed by atoms with E-state index in [0.29, 0.717) is 31.4 Å². The molecule has 0 radical (unpaired) electrons. The molecule has 1 atom stereocenters. The van der Waals surface area contributed by atoms with E-state index >= 15 is 0 Å². The van der Waals surface area contributed by atoms with Crippen LogP contribution in [-0.4, -0.2) is 37.5 Å². The molecule has 8 nitrogen and oxygen atoms in total. The fraction of sp³-hybridized carbons (Fsp3) is 0.231. The van der Waals surface area contributed by atoms with Gasteiger partial charge >= 0.3 is 5.97 Å². The highest BCUT2D eigenvalue weighted by Gasteiger charge is 2.33. The number of aromatic nitrogens is 1. The summed E-state index contributed by atoms with van der Waals surface area (Å²) in [5.74, 6) is 0.000591. The van der Waals surface area contributed by atoms with Crippen molar-refractivity contribution in [1.82, 2.24) is 4.57 Å². The second-order valence-electron chi connectivity index (χ2n) is 7.78. The minimum atomic E-state index is -0.725. The lowest BCUT2D eigenvalue weighted by molar-refractivity contribution is -0.140. The second kappa shape index (κ2) is 11.4. The standard InChI is InChI=1S/C26H22ClN3O5S/c1-16-22(25(32)35-14-13-33-2)23(18-5-7-19(27)8-6-18)30-24(31)21(36-26(30)29-16)15-17-3-9-20(10-4-17)34-12-11-28/h3-10,15,23H,12-14H2,1-2H3. The van der Waals surface area contributed by atoms with Crippen molar-refractivity contribution in [3.8, 4) is 11.8 Å². The van der Waals surface area contributed by atoms with Crippen LogP contribution in [0.15, 0.2) is 69.6 Å². The molecule has 0 N–H and O–H groups in total. The molecule has 184 valence electrons. The van der Waals surface area contributed by atoms with Crippen molar-refractivity contribution in [2.45, 2.75) is 13.0 Å². The number of esters is 1. The van der Waals surface area contributed by atoms with Crippen LogP contribution < -0.4 is 19.6 Å². The van der Waals surface area contributed by atoms with Gasteiger partial charge in [0, 0.05) is 12.1 Å². The summed E-state index contributed by atoms with van der Waals surface area (Å²) in [6.45, 7) is 2.02. The summed E-state index contributed by atoms with van der Waals surface area (Å²) in [5, 5.41) is 9.20. The molecule has 0 saturated heterocycles. The van der Waals surface area contributed by atoms with Gasteiger partial charge in [-0.05, 0) is 48.4 Å². The van der Waals surface area contributed by atoms with E-state index in [4.69, 9.17) is 31.1 Å². The smallest absolute Gasteiger partial charge is 0.338 e. The number of ether oxygens (including phenoxy) is 3. The summed E-state index contributed by atoms with van der Waals surface area (Å²) in [4.78, 5) is 31.8. The molecule has 0 bridgehead atoms. The minimum Gasteiger partial charge on any atom is -0.479 e. The van der Waals surface area contributed by atoms with E-state index in [2.05, 4.69) is 4.99 Å². The van der Waals surface area contributed by atoms with Gasteiger partial charge in [0.1, 0.15) is 18.4 Å². The zero-order chi connectivity index (χ0) is 25.7. The van der Waals surface area contributed by atoms with Crippen molar-refractivity contribution in [3.05, 3.63) is 95.6 Å². The maximum absolute atomic E-state index is 13.6. The Kier molecular flexibility index (Phi) is 8.00. The van der Waals surface area contributed by atoms with Crippen molar-refractivity contribution in [3.63, 3.8) is 0 Å². The molecule has 10 heteroatoms. The number of nitriles is 1. The maximum Gasteiger partial charge on any atom is 0.338 e. The Labute approximate surface area is 215 Å². The third-order valence-corrected chi connectivity index (χ3v) is 6.66. The number of carbonyl (C=O) groups is 1. The highest BCUT2D eigenvalue weighted by molar-refractivity contribution is 7.07. The number of rotatable bonds is 8. The van der Waals surface area contributed by atoms with Crippen LogP contribution in [0.1, 0.15) is 24.1 Å². The zero-order valence-electron chi connectivity index (χ0n) is 19.6. The second-order valence-corrected chi connectivity index (χ2v) is 9.22. The average Bonchev–Trinajstić information content (AvgIpc) is 3.17. The van der Waals surface area contributed by atoms with E-state index in [0.717, 1.165) is 5.56 Å². The highest BCUT2D eigenvalue weighted by atomic mass is 35.5. The van der Waals surface area contributed by atoms with Crippen LogP contribution in [0.2, 0.25) is 5.02 Å². The van der Waals surface area contributed by atoms with Crippen LogP contribution in [0, 0.1) is 11.3 Å². The predicted molar refractivity (Wildman–Crippen MR) is 136 cm³/mol. The molecule has 1 aromatic heterocycles. The van der Waals surface area contributed by atoms with Gasteiger partial charge in [-0.2, -0.15) is 5.26 Å². The summed E-state index contributed by atoms with van der Waals surface area (Å²) in [6, 6.07) is 15.2. The Hall–Kier alpha value is -3.71. The third kappa shape index (κ3) is 5.41. The van der Waals surface area contributed by atoms with Crippen molar-refractivity contribution >= 4 is 35.0 Å². The molecule has 0 aliphatic carbocycles. The first-order valence-electron chi connectivity index (χ1n) is 11.0.